The number of hydrogen-bond donors (Lipinski definition) is 3. The summed E-state index contributed by atoms with van der Waals surface area (Å²) in [6.07, 6.45) is 1.23. The lowest BCUT2D eigenvalue weighted by atomic mass is 10.3. The van der Waals surface area contributed by atoms with Crippen LogP contribution in [0.3, 0.4) is 0 Å². The Hall–Kier alpha value is -3.05. The molecule has 10 nitrogen and oxygen atoms in total. The Kier molecular flexibility index (Phi) is 5.94. The molecule has 0 radical (unpaired) electrons. The molecular formula is C15H15ClFN7O3. The molecule has 12 heteroatoms. The zero-order chi connectivity index (χ0) is 19.2. The zero-order valence-electron chi connectivity index (χ0n) is 14.1. The van der Waals surface area contributed by atoms with Crippen LogP contribution in [0, 0.1) is 12.7 Å². The van der Waals surface area contributed by atoms with Crippen molar-refractivity contribution in [2.75, 3.05) is 6.61 Å². The molecule has 0 amide bonds. The largest absolute Gasteiger partial charge is 0.474 e. The number of hydrogen-bond acceptors (Lipinski definition) is 8. The van der Waals surface area contributed by atoms with Gasteiger partial charge in [0, 0.05) is 6.42 Å². The number of halogens is 2. The number of aromatic amines is 1. The van der Waals surface area contributed by atoms with Gasteiger partial charge in [-0.1, -0.05) is 11.6 Å². The standard InChI is InChI=1S/C15H15ClFN7O3/c1-8-18-12(21-20-8)3-2-6-26-15-13(23-27-24-15)14(22-25)19-9-4-5-11(17)10(16)7-9/h4-5,7,25H,2-3,6H2,1H3,(H,19,22)(H,18,20,21). The van der Waals surface area contributed by atoms with Crippen LogP contribution in [-0.4, -0.2) is 43.1 Å². The van der Waals surface area contributed by atoms with Crippen LogP contribution in [0.15, 0.2) is 27.8 Å². The van der Waals surface area contributed by atoms with Crippen LogP contribution < -0.4 is 10.2 Å². The molecule has 0 bridgehead atoms. The van der Waals surface area contributed by atoms with Gasteiger partial charge in [0.25, 0.3) is 5.88 Å². The molecule has 2 heterocycles. The van der Waals surface area contributed by atoms with E-state index in [-0.39, 0.29) is 34.7 Å². The minimum Gasteiger partial charge on any atom is -0.474 e. The van der Waals surface area contributed by atoms with Crippen molar-refractivity contribution in [3.05, 3.63) is 46.4 Å². The molecule has 0 aliphatic rings. The van der Waals surface area contributed by atoms with Crippen LogP contribution >= 0.6 is 11.6 Å². The zero-order valence-corrected chi connectivity index (χ0v) is 14.9. The number of hydroxylamine groups is 1. The van der Waals surface area contributed by atoms with Crippen LogP contribution in [0.2, 0.25) is 5.02 Å². The van der Waals surface area contributed by atoms with Crippen molar-refractivity contribution < 1.29 is 19.0 Å². The Bertz CT molecular complexity index is 943. The van der Waals surface area contributed by atoms with Gasteiger partial charge < -0.3 is 4.74 Å². The Balaban J connectivity index is 1.66. The minimum absolute atomic E-state index is 0.0367. The molecule has 0 aliphatic carbocycles. The average Bonchev–Trinajstić information content (AvgIpc) is 3.28. The van der Waals surface area contributed by atoms with Crippen molar-refractivity contribution in [1.29, 1.82) is 0 Å². The molecule has 3 rings (SSSR count). The third-order valence-electron chi connectivity index (χ3n) is 3.36. The summed E-state index contributed by atoms with van der Waals surface area (Å²) >= 11 is 5.72. The molecule has 2 aromatic heterocycles. The monoisotopic (exact) mass is 395 g/mol. The van der Waals surface area contributed by atoms with Gasteiger partial charge in [0.05, 0.1) is 17.3 Å². The summed E-state index contributed by atoms with van der Waals surface area (Å²) in [6, 6.07) is 3.83. The first-order valence-electron chi connectivity index (χ1n) is 7.84. The molecular weight excluding hydrogens is 381 g/mol. The van der Waals surface area contributed by atoms with E-state index in [2.05, 4.69) is 35.1 Å². The fraction of sp³-hybridized carbons (Fsp3) is 0.267. The third-order valence-corrected chi connectivity index (χ3v) is 3.65. The Morgan fingerprint density at radius 2 is 2.30 bits per heavy atom. The smallest absolute Gasteiger partial charge is 0.287 e. The molecule has 142 valence electrons. The van der Waals surface area contributed by atoms with Gasteiger partial charge in [-0.25, -0.2) is 19.0 Å². The molecule has 0 saturated carbocycles. The second-order valence-corrected chi connectivity index (χ2v) is 5.78. The van der Waals surface area contributed by atoms with E-state index in [9.17, 15) is 9.60 Å². The van der Waals surface area contributed by atoms with Gasteiger partial charge in [0.2, 0.25) is 5.69 Å². The second-order valence-electron chi connectivity index (χ2n) is 5.38. The lowest BCUT2D eigenvalue weighted by Gasteiger charge is -2.05. The van der Waals surface area contributed by atoms with Crippen LogP contribution in [0.1, 0.15) is 23.8 Å². The van der Waals surface area contributed by atoms with Gasteiger partial charge >= 0.3 is 0 Å². The highest BCUT2D eigenvalue weighted by Crippen LogP contribution is 2.23. The summed E-state index contributed by atoms with van der Waals surface area (Å²) in [6.45, 7) is 2.10. The van der Waals surface area contributed by atoms with E-state index in [1.54, 1.807) is 0 Å². The third kappa shape index (κ3) is 4.77. The van der Waals surface area contributed by atoms with Gasteiger partial charge in [0.15, 0.2) is 11.7 Å². The first-order valence-corrected chi connectivity index (χ1v) is 8.22. The summed E-state index contributed by atoms with van der Waals surface area (Å²) in [5.41, 5.74) is 2.22. The highest BCUT2D eigenvalue weighted by atomic mass is 35.5. The molecule has 0 saturated heterocycles. The Morgan fingerprint density at radius 3 is 3.00 bits per heavy atom. The SMILES string of the molecule is Cc1nc(CCCOc2nonc2C(=Nc2ccc(F)c(Cl)c2)NO)n[nH]1. The quantitative estimate of drug-likeness (QED) is 0.240. The van der Waals surface area contributed by atoms with Crippen LogP contribution in [0.4, 0.5) is 10.1 Å². The Morgan fingerprint density at radius 1 is 1.44 bits per heavy atom. The summed E-state index contributed by atoms with van der Waals surface area (Å²) in [7, 11) is 0. The van der Waals surface area contributed by atoms with Crippen molar-refractivity contribution >= 4 is 23.1 Å². The number of rotatable bonds is 7. The first-order chi connectivity index (χ1) is 13.1. The van der Waals surface area contributed by atoms with Crippen LogP contribution in [-0.2, 0) is 6.42 Å². The fourth-order valence-electron chi connectivity index (χ4n) is 2.13. The number of benzene rings is 1. The van der Waals surface area contributed by atoms with E-state index in [0.717, 1.165) is 11.9 Å². The van der Waals surface area contributed by atoms with Crippen LogP contribution in [0.25, 0.3) is 0 Å². The number of amidine groups is 1. The number of aromatic nitrogens is 5. The van der Waals surface area contributed by atoms with Crippen molar-refractivity contribution in [2.24, 2.45) is 4.99 Å². The summed E-state index contributed by atoms with van der Waals surface area (Å²) in [4.78, 5) is 8.29. The topological polar surface area (TPSA) is 134 Å². The van der Waals surface area contributed by atoms with E-state index in [1.165, 1.54) is 12.1 Å². The number of aliphatic imine (C=N–C) groups is 1. The number of nitrogens with one attached hydrogen (secondary N) is 2. The number of nitrogens with zero attached hydrogens (tertiary/aromatic N) is 5. The van der Waals surface area contributed by atoms with Gasteiger partial charge in [-0.05, 0) is 41.9 Å². The number of H-pyrrole nitrogens is 1. The van der Waals surface area contributed by atoms with Crippen molar-refractivity contribution in [2.45, 2.75) is 19.8 Å². The minimum atomic E-state index is -0.581. The normalized spacial score (nSPS) is 11.6. The molecule has 3 aromatic rings. The molecule has 0 aliphatic heterocycles. The van der Waals surface area contributed by atoms with Crippen LogP contribution in [0.5, 0.6) is 5.88 Å². The van der Waals surface area contributed by atoms with E-state index >= 15 is 0 Å². The van der Waals surface area contributed by atoms with Gasteiger partial charge in [-0.15, -0.1) is 0 Å². The van der Waals surface area contributed by atoms with E-state index in [0.29, 0.717) is 18.7 Å². The lowest BCUT2D eigenvalue weighted by molar-refractivity contribution is 0.233. The predicted molar refractivity (Wildman–Crippen MR) is 91.8 cm³/mol. The molecule has 1 aromatic carbocycles. The molecule has 0 atom stereocenters. The van der Waals surface area contributed by atoms with Gasteiger partial charge in [0.1, 0.15) is 11.6 Å². The van der Waals surface area contributed by atoms with E-state index in [1.807, 2.05) is 12.4 Å². The predicted octanol–water partition coefficient (Wildman–Crippen LogP) is 2.36. The van der Waals surface area contributed by atoms with Crippen molar-refractivity contribution in [3.63, 3.8) is 0 Å². The number of aryl methyl sites for hydroxylation is 2. The fourth-order valence-corrected chi connectivity index (χ4v) is 2.31. The Labute approximate surface area is 157 Å². The maximum Gasteiger partial charge on any atom is 0.287 e. The molecule has 0 fully saturated rings. The maximum absolute atomic E-state index is 13.2. The van der Waals surface area contributed by atoms with Crippen molar-refractivity contribution in [3.8, 4) is 5.88 Å². The van der Waals surface area contributed by atoms with E-state index in [4.69, 9.17) is 16.3 Å². The van der Waals surface area contributed by atoms with Crippen molar-refractivity contribution in [1.82, 2.24) is 31.0 Å². The first kappa shape index (κ1) is 18.7. The molecule has 0 spiro atoms. The summed E-state index contributed by atoms with van der Waals surface area (Å²) in [5.74, 6) is 0.780. The van der Waals surface area contributed by atoms with Gasteiger partial charge in [-0.2, -0.15) is 5.10 Å². The second kappa shape index (κ2) is 8.56. The molecule has 3 N–H and O–H groups in total. The maximum atomic E-state index is 13.2. The molecule has 27 heavy (non-hydrogen) atoms. The summed E-state index contributed by atoms with van der Waals surface area (Å²) in [5, 5.41) is 23.4. The number of ether oxygens (including phenoxy) is 1. The highest BCUT2D eigenvalue weighted by Gasteiger charge is 2.18. The highest BCUT2D eigenvalue weighted by molar-refractivity contribution is 6.31. The van der Waals surface area contributed by atoms with Gasteiger partial charge in [-0.3, -0.25) is 15.8 Å². The average molecular weight is 396 g/mol. The van der Waals surface area contributed by atoms with E-state index < -0.39 is 5.82 Å². The lowest BCUT2D eigenvalue weighted by Crippen LogP contribution is -2.21. The molecule has 0 unspecified atom stereocenters. The summed E-state index contributed by atoms with van der Waals surface area (Å²) < 4.78 is 23.4.